The van der Waals surface area contributed by atoms with E-state index in [1.165, 1.54) is 0 Å². The Labute approximate surface area is 336 Å². The second-order valence-corrected chi connectivity index (χ2v) is 14.8. The number of hydrogen-bond donors (Lipinski definition) is 1. The van der Waals surface area contributed by atoms with Crippen molar-refractivity contribution in [2.75, 3.05) is 6.61 Å². The van der Waals surface area contributed by atoms with Crippen LogP contribution in [0, 0.1) is 5.92 Å². The van der Waals surface area contributed by atoms with Gasteiger partial charge in [-0.15, -0.1) is 0 Å². The molecular weight excluding hydrogens is 721 g/mol. The van der Waals surface area contributed by atoms with E-state index in [-0.39, 0.29) is 13.2 Å². The first-order valence-electron chi connectivity index (χ1n) is 19.9. The number of rotatable bonds is 18. The monoisotopic (exact) mass is 774 g/mol. The number of aliphatic hydroxyl groups excluding tert-OH is 1. The molecule has 0 aliphatic carbocycles. The van der Waals surface area contributed by atoms with Crippen molar-refractivity contribution >= 4 is 0 Å². The molecule has 0 bridgehead atoms. The molecule has 0 radical (unpaired) electrons. The zero-order valence-corrected chi connectivity index (χ0v) is 32.7. The Bertz CT molecular complexity index is 1850. The number of ether oxygens (including phenoxy) is 8. The summed E-state index contributed by atoms with van der Waals surface area (Å²) >= 11 is 0. The minimum atomic E-state index is -1.08. The quantitative estimate of drug-likeness (QED) is 0.0950. The normalized spacial score (nSPS) is 27.6. The predicted molar refractivity (Wildman–Crippen MR) is 215 cm³/mol. The van der Waals surface area contributed by atoms with E-state index >= 15 is 0 Å². The Morgan fingerprint density at radius 3 is 1.28 bits per heavy atom. The summed E-state index contributed by atoms with van der Waals surface area (Å²) in [7, 11) is 0. The third-order valence-corrected chi connectivity index (χ3v) is 10.5. The number of benzene rings is 5. The van der Waals surface area contributed by atoms with E-state index in [1.54, 1.807) is 0 Å². The van der Waals surface area contributed by atoms with E-state index in [0.717, 1.165) is 27.8 Å². The van der Waals surface area contributed by atoms with E-state index in [9.17, 15) is 5.11 Å². The zero-order chi connectivity index (χ0) is 39.2. The van der Waals surface area contributed by atoms with E-state index < -0.39 is 61.2 Å². The van der Waals surface area contributed by atoms with Gasteiger partial charge in [-0.05, 0) is 34.7 Å². The minimum Gasteiger partial charge on any atom is -0.374 e. The van der Waals surface area contributed by atoms with Gasteiger partial charge in [-0.2, -0.15) is 0 Å². The molecule has 2 saturated heterocycles. The molecule has 300 valence electrons. The highest BCUT2D eigenvalue weighted by Gasteiger charge is 2.52. The zero-order valence-electron chi connectivity index (χ0n) is 32.7. The summed E-state index contributed by atoms with van der Waals surface area (Å²) in [6.07, 6.45) is -6.37. The summed E-state index contributed by atoms with van der Waals surface area (Å²) in [6.45, 7) is 5.62. The first-order valence-corrected chi connectivity index (χ1v) is 19.9. The van der Waals surface area contributed by atoms with E-state index in [0.29, 0.717) is 26.4 Å². The maximum atomic E-state index is 11.1. The highest BCUT2D eigenvalue weighted by molar-refractivity contribution is 5.17. The molecule has 5 aromatic carbocycles. The van der Waals surface area contributed by atoms with Gasteiger partial charge in [-0.1, -0.05) is 159 Å². The second-order valence-electron chi connectivity index (χ2n) is 14.8. The Balaban J connectivity index is 1.23. The van der Waals surface area contributed by atoms with Gasteiger partial charge in [0.25, 0.3) is 0 Å². The van der Waals surface area contributed by atoms with Gasteiger partial charge in [0.05, 0.1) is 51.8 Å². The first-order chi connectivity index (χ1) is 28.0. The summed E-state index contributed by atoms with van der Waals surface area (Å²) in [4.78, 5) is 0. The molecule has 2 aliphatic rings. The van der Waals surface area contributed by atoms with Crippen LogP contribution in [0.1, 0.15) is 41.7 Å². The highest BCUT2D eigenvalue weighted by atomic mass is 16.7. The first kappa shape index (κ1) is 40.9. The second kappa shape index (κ2) is 20.9. The molecule has 10 atom stereocenters. The topological polar surface area (TPSA) is 94.1 Å². The van der Waals surface area contributed by atoms with Gasteiger partial charge in [0.15, 0.2) is 12.6 Å². The van der Waals surface area contributed by atoms with Gasteiger partial charge < -0.3 is 43.0 Å². The fourth-order valence-corrected chi connectivity index (χ4v) is 7.36. The SMILES string of the molecule is CC1OC(O)C(C)[C@H](O[C@H]2O[C@H](COCc3ccccc3)[C@@H](OCc3ccccc3)C(OCc3ccccc3)C2OCc2ccccc2)[C@H]1OCc1ccccc1. The summed E-state index contributed by atoms with van der Waals surface area (Å²) in [5.74, 6) is -0.469. The largest absolute Gasteiger partial charge is 0.374 e. The van der Waals surface area contributed by atoms with Crippen molar-refractivity contribution in [1.29, 1.82) is 0 Å². The summed E-state index contributed by atoms with van der Waals surface area (Å²) in [5, 5.41) is 11.1. The van der Waals surface area contributed by atoms with Crippen LogP contribution >= 0.6 is 0 Å². The Hall–Kier alpha value is -4.26. The van der Waals surface area contributed by atoms with Crippen molar-refractivity contribution in [2.45, 2.75) is 102 Å². The molecule has 2 aliphatic heterocycles. The van der Waals surface area contributed by atoms with Crippen molar-refractivity contribution < 1.29 is 43.0 Å². The summed E-state index contributed by atoms with van der Waals surface area (Å²) in [6, 6.07) is 50.1. The van der Waals surface area contributed by atoms with E-state index in [1.807, 2.05) is 166 Å². The van der Waals surface area contributed by atoms with Crippen LogP contribution in [0.15, 0.2) is 152 Å². The third kappa shape index (κ3) is 11.4. The Morgan fingerprint density at radius 1 is 0.439 bits per heavy atom. The fraction of sp³-hybridized carbons (Fsp3) is 0.375. The minimum absolute atomic E-state index is 0.196. The van der Waals surface area contributed by atoms with Gasteiger partial charge in [0.2, 0.25) is 0 Å². The standard InChI is InChI=1S/C48H54O9/c1-34-42(43(35(2)55-47(34)49)51-29-37-20-10-4-11-21-37)57-48-46(54-32-40-26-16-7-17-27-40)45(53-31-39-24-14-6-15-25-39)44(52-30-38-22-12-5-13-23-38)41(56-48)33-50-28-36-18-8-3-9-19-36/h3-27,34-35,41-49H,28-33H2,1-2H3/t34?,35?,41-,42+,43+,44-,45?,46?,47?,48-/m1/s1. The molecule has 0 spiro atoms. The van der Waals surface area contributed by atoms with E-state index in [2.05, 4.69) is 0 Å². The molecule has 5 unspecified atom stereocenters. The van der Waals surface area contributed by atoms with Crippen molar-refractivity contribution in [2.24, 2.45) is 5.92 Å². The van der Waals surface area contributed by atoms with Crippen LogP contribution in [0.2, 0.25) is 0 Å². The molecule has 9 heteroatoms. The lowest BCUT2D eigenvalue weighted by Crippen LogP contribution is -2.64. The molecule has 2 fully saturated rings. The molecule has 7 rings (SSSR count). The van der Waals surface area contributed by atoms with Gasteiger partial charge in [0, 0.05) is 5.92 Å². The van der Waals surface area contributed by atoms with Gasteiger partial charge in [-0.3, -0.25) is 0 Å². The maximum Gasteiger partial charge on any atom is 0.187 e. The summed E-state index contributed by atoms with van der Waals surface area (Å²) < 4.78 is 53.6. The molecule has 0 saturated carbocycles. The summed E-state index contributed by atoms with van der Waals surface area (Å²) in [5.41, 5.74) is 5.07. The van der Waals surface area contributed by atoms with Crippen LogP contribution < -0.4 is 0 Å². The fourth-order valence-electron chi connectivity index (χ4n) is 7.36. The van der Waals surface area contributed by atoms with Gasteiger partial charge in [0.1, 0.15) is 30.5 Å². The molecule has 9 nitrogen and oxygen atoms in total. The lowest BCUT2D eigenvalue weighted by atomic mass is 9.91. The number of hydrogen-bond acceptors (Lipinski definition) is 9. The van der Waals surface area contributed by atoms with Crippen LogP contribution in [0.5, 0.6) is 0 Å². The average Bonchev–Trinajstić information content (AvgIpc) is 3.25. The molecule has 0 amide bonds. The predicted octanol–water partition coefficient (Wildman–Crippen LogP) is 8.03. The highest BCUT2D eigenvalue weighted by Crippen LogP contribution is 2.36. The maximum absolute atomic E-state index is 11.1. The van der Waals surface area contributed by atoms with Crippen molar-refractivity contribution in [3.8, 4) is 0 Å². The van der Waals surface area contributed by atoms with Crippen LogP contribution in [0.25, 0.3) is 0 Å². The third-order valence-electron chi connectivity index (χ3n) is 10.5. The molecule has 0 aromatic heterocycles. The Kier molecular flexibility index (Phi) is 15.0. The smallest absolute Gasteiger partial charge is 0.187 e. The van der Waals surface area contributed by atoms with Gasteiger partial charge >= 0.3 is 0 Å². The number of aliphatic hydroxyl groups is 1. The Morgan fingerprint density at radius 2 is 0.825 bits per heavy atom. The lowest BCUT2D eigenvalue weighted by Gasteiger charge is -2.49. The van der Waals surface area contributed by atoms with Crippen LogP contribution in [0.4, 0.5) is 0 Å². The molecule has 5 aromatic rings. The van der Waals surface area contributed by atoms with Crippen molar-refractivity contribution in [1.82, 2.24) is 0 Å². The molecule has 1 N–H and O–H groups in total. The van der Waals surface area contributed by atoms with Crippen LogP contribution in [0.3, 0.4) is 0 Å². The van der Waals surface area contributed by atoms with Crippen molar-refractivity contribution in [3.63, 3.8) is 0 Å². The average molecular weight is 775 g/mol. The lowest BCUT2D eigenvalue weighted by molar-refractivity contribution is -0.363. The van der Waals surface area contributed by atoms with E-state index in [4.69, 9.17) is 37.9 Å². The van der Waals surface area contributed by atoms with Crippen LogP contribution in [-0.2, 0) is 70.9 Å². The van der Waals surface area contributed by atoms with Crippen LogP contribution in [-0.4, -0.2) is 67.0 Å². The van der Waals surface area contributed by atoms with Crippen molar-refractivity contribution in [3.05, 3.63) is 179 Å². The molecule has 57 heavy (non-hydrogen) atoms. The molecule has 2 heterocycles. The van der Waals surface area contributed by atoms with Gasteiger partial charge in [-0.25, -0.2) is 0 Å². The molecular formula is C48H54O9.